The molecule has 1 heterocycles. The van der Waals surface area contributed by atoms with Gasteiger partial charge in [-0.25, -0.2) is 10.6 Å². The number of hydrazine groups is 1. The summed E-state index contributed by atoms with van der Waals surface area (Å²) in [6, 6.07) is 16.5. The lowest BCUT2D eigenvalue weighted by molar-refractivity contribution is -0.134. The SMILES string of the molecule is CC.CN(N)/C(C(=O)O)=C(\N)Sc1ccc(-c2ccc(N3CCCCC3)cc2)cc1. The molecule has 1 fully saturated rings. The van der Waals surface area contributed by atoms with Gasteiger partial charge in [0.2, 0.25) is 0 Å². The summed E-state index contributed by atoms with van der Waals surface area (Å²) < 4.78 is 0. The number of anilines is 1. The average Bonchev–Trinajstić information content (AvgIpc) is 2.76. The van der Waals surface area contributed by atoms with Crippen molar-refractivity contribution in [2.24, 2.45) is 11.6 Å². The molecule has 1 saturated heterocycles. The van der Waals surface area contributed by atoms with E-state index in [9.17, 15) is 9.90 Å². The molecule has 0 radical (unpaired) electrons. The number of aliphatic carboxylic acids is 1. The van der Waals surface area contributed by atoms with Gasteiger partial charge in [-0.3, -0.25) is 0 Å². The van der Waals surface area contributed by atoms with Gasteiger partial charge in [0.15, 0.2) is 5.70 Å². The van der Waals surface area contributed by atoms with Crippen LogP contribution in [0, 0.1) is 0 Å². The zero-order valence-corrected chi connectivity index (χ0v) is 18.8. The van der Waals surface area contributed by atoms with Crippen molar-refractivity contribution in [3.63, 3.8) is 0 Å². The lowest BCUT2D eigenvalue weighted by atomic mass is 10.0. The Labute approximate surface area is 183 Å². The minimum absolute atomic E-state index is 0.123. The van der Waals surface area contributed by atoms with Crippen LogP contribution >= 0.6 is 11.8 Å². The minimum Gasteiger partial charge on any atom is -0.476 e. The van der Waals surface area contributed by atoms with Gasteiger partial charge in [-0.05, 0) is 54.7 Å². The van der Waals surface area contributed by atoms with Crippen LogP contribution in [0.25, 0.3) is 11.1 Å². The average molecular weight is 429 g/mol. The van der Waals surface area contributed by atoms with Crippen LogP contribution in [-0.4, -0.2) is 36.2 Å². The fourth-order valence-corrected chi connectivity index (χ4v) is 4.19. The van der Waals surface area contributed by atoms with E-state index in [-0.39, 0.29) is 10.7 Å². The molecular formula is C23H32N4O2S. The summed E-state index contributed by atoms with van der Waals surface area (Å²) in [5.74, 6) is 4.40. The third-order valence-corrected chi connectivity index (χ3v) is 5.71. The van der Waals surface area contributed by atoms with E-state index in [1.807, 2.05) is 38.1 Å². The van der Waals surface area contributed by atoms with Gasteiger partial charge in [-0.2, -0.15) is 0 Å². The maximum atomic E-state index is 11.3. The first kappa shape index (κ1) is 23.6. The van der Waals surface area contributed by atoms with Crippen molar-refractivity contribution in [2.75, 3.05) is 25.0 Å². The lowest BCUT2D eigenvalue weighted by Gasteiger charge is -2.28. The van der Waals surface area contributed by atoms with Gasteiger partial charge in [-0.1, -0.05) is 49.9 Å². The summed E-state index contributed by atoms with van der Waals surface area (Å²) in [6.45, 7) is 6.27. The van der Waals surface area contributed by atoms with E-state index < -0.39 is 5.97 Å². The van der Waals surface area contributed by atoms with E-state index in [1.165, 1.54) is 43.8 Å². The third-order valence-electron chi connectivity index (χ3n) is 4.79. The topological polar surface area (TPSA) is 95.8 Å². The summed E-state index contributed by atoms with van der Waals surface area (Å²) in [5.41, 5.74) is 9.33. The summed E-state index contributed by atoms with van der Waals surface area (Å²) in [4.78, 5) is 14.6. The molecule has 162 valence electrons. The number of nitrogens with two attached hydrogens (primary N) is 2. The number of thioether (sulfide) groups is 1. The summed E-state index contributed by atoms with van der Waals surface area (Å²) >= 11 is 1.18. The number of carboxylic acids is 1. The smallest absolute Gasteiger partial charge is 0.356 e. The molecule has 0 amide bonds. The second-order valence-corrected chi connectivity index (χ2v) is 7.97. The molecule has 1 aliphatic rings. The molecule has 2 aromatic rings. The molecule has 1 aliphatic heterocycles. The fraction of sp³-hybridized carbons (Fsp3) is 0.348. The van der Waals surface area contributed by atoms with Crippen molar-refractivity contribution in [1.29, 1.82) is 0 Å². The highest BCUT2D eigenvalue weighted by atomic mass is 32.2. The molecule has 0 aliphatic carbocycles. The second kappa shape index (κ2) is 11.5. The Morgan fingerprint density at radius 1 is 0.967 bits per heavy atom. The van der Waals surface area contributed by atoms with Crippen molar-refractivity contribution in [2.45, 2.75) is 38.0 Å². The molecule has 2 aromatic carbocycles. The third kappa shape index (κ3) is 6.18. The minimum atomic E-state index is -1.15. The van der Waals surface area contributed by atoms with E-state index in [0.29, 0.717) is 0 Å². The maximum Gasteiger partial charge on any atom is 0.356 e. The van der Waals surface area contributed by atoms with Crippen LogP contribution in [0.3, 0.4) is 0 Å². The number of rotatable bonds is 6. The molecule has 30 heavy (non-hydrogen) atoms. The molecule has 0 aromatic heterocycles. The molecule has 7 heteroatoms. The van der Waals surface area contributed by atoms with Crippen molar-refractivity contribution < 1.29 is 9.90 Å². The Bertz CT molecular complexity index is 843. The zero-order chi connectivity index (χ0) is 22.1. The quantitative estimate of drug-likeness (QED) is 0.270. The highest BCUT2D eigenvalue weighted by Gasteiger charge is 2.16. The number of hydrogen-bond acceptors (Lipinski definition) is 6. The zero-order valence-electron chi connectivity index (χ0n) is 18.0. The predicted octanol–water partition coefficient (Wildman–Crippen LogP) is 4.48. The molecule has 6 nitrogen and oxygen atoms in total. The van der Waals surface area contributed by atoms with Crippen LogP contribution in [0.4, 0.5) is 5.69 Å². The molecule has 0 spiro atoms. The maximum absolute atomic E-state index is 11.3. The number of carboxylic acid groups (broad SMARTS) is 1. The van der Waals surface area contributed by atoms with Crippen LogP contribution in [0.1, 0.15) is 33.1 Å². The van der Waals surface area contributed by atoms with Gasteiger partial charge in [-0.15, -0.1) is 0 Å². The fourth-order valence-electron chi connectivity index (χ4n) is 3.34. The lowest BCUT2D eigenvalue weighted by Crippen LogP contribution is -2.32. The van der Waals surface area contributed by atoms with E-state index in [1.54, 1.807) is 0 Å². The molecule has 0 unspecified atom stereocenters. The van der Waals surface area contributed by atoms with Gasteiger partial charge in [0, 0.05) is 30.7 Å². The molecule has 0 saturated carbocycles. The monoisotopic (exact) mass is 428 g/mol. The number of carbonyl (C=O) groups is 1. The Hall–Kier alpha value is -2.64. The van der Waals surface area contributed by atoms with E-state index in [0.717, 1.165) is 34.1 Å². The van der Waals surface area contributed by atoms with E-state index in [4.69, 9.17) is 11.6 Å². The van der Waals surface area contributed by atoms with Crippen molar-refractivity contribution >= 4 is 23.4 Å². The predicted molar refractivity (Wildman–Crippen MR) is 126 cm³/mol. The number of nitrogens with zero attached hydrogens (tertiary/aromatic N) is 2. The normalized spacial score (nSPS) is 14.3. The highest BCUT2D eigenvalue weighted by molar-refractivity contribution is 8.03. The van der Waals surface area contributed by atoms with Crippen LogP contribution < -0.4 is 16.5 Å². The molecule has 0 bridgehead atoms. The summed E-state index contributed by atoms with van der Waals surface area (Å²) in [7, 11) is 1.45. The number of hydrogen-bond donors (Lipinski definition) is 3. The summed E-state index contributed by atoms with van der Waals surface area (Å²) in [6.07, 6.45) is 3.86. The first-order chi connectivity index (χ1) is 14.5. The largest absolute Gasteiger partial charge is 0.476 e. The van der Waals surface area contributed by atoms with Crippen molar-refractivity contribution in [1.82, 2.24) is 5.01 Å². The molecule has 0 atom stereocenters. The van der Waals surface area contributed by atoms with Crippen molar-refractivity contribution in [3.05, 3.63) is 59.3 Å². The summed E-state index contributed by atoms with van der Waals surface area (Å²) in [5, 5.41) is 10.4. The van der Waals surface area contributed by atoms with Gasteiger partial charge in [0.25, 0.3) is 0 Å². The Morgan fingerprint density at radius 3 is 1.93 bits per heavy atom. The number of likely N-dealkylation sites (N-methyl/N-ethyl adjacent to an activating group) is 1. The van der Waals surface area contributed by atoms with Gasteiger partial charge in [0.05, 0.1) is 0 Å². The van der Waals surface area contributed by atoms with E-state index in [2.05, 4.69) is 29.2 Å². The molecular weight excluding hydrogens is 396 g/mol. The number of piperidine rings is 1. The first-order valence-corrected chi connectivity index (χ1v) is 11.1. The van der Waals surface area contributed by atoms with Crippen LogP contribution in [0.2, 0.25) is 0 Å². The standard InChI is InChI=1S/C21H26N4O2S.C2H6/c1-24(23)19(21(26)27)20(22)28-18-11-7-16(8-12-18)15-5-9-17(10-6-15)25-13-3-2-4-14-25;1-2/h5-12H,2-4,13-14,22-23H2,1H3,(H,26,27);1-2H3/b20-19+;. The van der Waals surface area contributed by atoms with E-state index >= 15 is 0 Å². The number of benzene rings is 2. The van der Waals surface area contributed by atoms with Crippen molar-refractivity contribution in [3.8, 4) is 11.1 Å². The first-order valence-electron chi connectivity index (χ1n) is 10.3. The highest BCUT2D eigenvalue weighted by Crippen LogP contribution is 2.30. The second-order valence-electron chi connectivity index (χ2n) is 6.85. The molecule has 5 N–H and O–H groups in total. The van der Waals surface area contributed by atoms with Gasteiger partial charge in [0.1, 0.15) is 5.03 Å². The Kier molecular flexibility index (Phi) is 9.08. The van der Waals surface area contributed by atoms with Gasteiger partial charge >= 0.3 is 5.97 Å². The molecule has 3 rings (SSSR count). The van der Waals surface area contributed by atoms with Crippen LogP contribution in [-0.2, 0) is 4.79 Å². The van der Waals surface area contributed by atoms with Gasteiger partial charge < -0.3 is 20.7 Å². The van der Waals surface area contributed by atoms with Crippen LogP contribution in [0.5, 0.6) is 0 Å². The Balaban J connectivity index is 0.00000155. The Morgan fingerprint density at radius 2 is 1.47 bits per heavy atom. The van der Waals surface area contributed by atoms with Crippen LogP contribution in [0.15, 0.2) is 64.2 Å².